The molecule has 0 bridgehead atoms. The van der Waals surface area contributed by atoms with Gasteiger partial charge in [0.15, 0.2) is 0 Å². The average molecular weight is 1810 g/mol. The Labute approximate surface area is 753 Å². The Hall–Kier alpha value is -13.8. The van der Waals surface area contributed by atoms with Crippen molar-refractivity contribution in [2.24, 2.45) is 28.9 Å². The maximum Gasteiger partial charge on any atom is 0.305 e. The highest BCUT2D eigenvalue weighted by Gasteiger charge is 2.39. The fourth-order valence-corrected chi connectivity index (χ4v) is 13.6. The van der Waals surface area contributed by atoms with Gasteiger partial charge >= 0.3 is 17.9 Å². The maximum absolute atomic E-state index is 15.0. The summed E-state index contributed by atoms with van der Waals surface area (Å²) in [5, 5.41) is 75.8. The monoisotopic (exact) mass is 1810 g/mol. The summed E-state index contributed by atoms with van der Waals surface area (Å²) in [6.07, 6.45) is -3.85. The second kappa shape index (κ2) is 56.4. The molecule has 706 valence electrons. The number of phenols is 1. The first-order valence-corrected chi connectivity index (χ1v) is 43.1. The minimum absolute atomic E-state index is 0.00289. The van der Waals surface area contributed by atoms with E-state index in [1.54, 1.807) is 121 Å². The van der Waals surface area contributed by atoms with E-state index in [1.165, 1.54) is 58.9 Å². The van der Waals surface area contributed by atoms with Gasteiger partial charge in [-0.15, -0.1) is 0 Å². The third-order valence-electron chi connectivity index (χ3n) is 20.8. The van der Waals surface area contributed by atoms with Gasteiger partial charge in [-0.25, -0.2) is 0 Å². The van der Waals surface area contributed by atoms with Gasteiger partial charge in [-0.3, -0.25) is 86.3 Å². The Bertz CT molecular complexity index is 4600. The summed E-state index contributed by atoms with van der Waals surface area (Å²) in [5.74, 6) is -19.9. The number of hydrogen-bond donors (Lipinski definition) is 22. The molecule has 130 heavy (non-hydrogen) atoms. The number of phenolic OH excluding ortho intramolecular Hbond substituents is 1. The number of carbonyl (C=O) groups excluding carboxylic acids is 15. The predicted octanol–water partition coefficient (Wildman–Crippen LogP) is -1.51. The number of nitrogens with two attached hydrogens (primary N) is 4. The zero-order valence-electron chi connectivity index (χ0n) is 73.5. The van der Waals surface area contributed by atoms with E-state index >= 15 is 4.79 Å². The highest BCUT2D eigenvalue weighted by atomic mass is 16.4. The van der Waals surface area contributed by atoms with Crippen LogP contribution in [0.15, 0.2) is 146 Å². The van der Waals surface area contributed by atoms with E-state index in [9.17, 15) is 102 Å². The van der Waals surface area contributed by atoms with Crippen LogP contribution in [0.5, 0.6) is 5.75 Å². The topological polar surface area (TPSA) is 661 Å². The van der Waals surface area contributed by atoms with E-state index in [-0.39, 0.29) is 109 Å². The van der Waals surface area contributed by atoms with Gasteiger partial charge in [0.1, 0.15) is 90.3 Å². The second-order valence-electron chi connectivity index (χ2n) is 31.9. The molecule has 40 nitrogen and oxygen atoms in total. The van der Waals surface area contributed by atoms with Crippen molar-refractivity contribution in [2.75, 3.05) is 19.6 Å². The molecule has 0 fully saturated rings. The SMILES string of the molecule is CC(=O)NC(C)C(=O)NC(Cc1ccccc1)C(=O)NC(Cc1ccc(O)cc1)C(=O)NC(CC(=O)O)C(=O)NC(CCCCN)C(=O)NC(C(=O)NC(Cc1ccccc1)C(=O)NC(CCC(=O)O)C(=O)NC(CCCCN)C(=O)NC(Cc1ccccc1)C(=O)NC(CCCCN)C(=O)NC(CCC(=O)O)C(=O)NC(C)C(=O)NC(Cc1ccccc1)C(N)=O)C(C)C. The lowest BCUT2D eigenvalue weighted by molar-refractivity contribution is -0.142. The molecular formula is C90H124N18O22. The second-order valence-corrected chi connectivity index (χ2v) is 31.9. The number of aromatic hydroxyl groups is 1. The molecule has 0 saturated carbocycles. The molecule has 5 rings (SSSR count). The lowest BCUT2D eigenvalue weighted by atomic mass is 9.99. The highest BCUT2D eigenvalue weighted by Crippen LogP contribution is 2.18. The molecule has 0 saturated heterocycles. The number of carbonyl (C=O) groups is 18. The first kappa shape index (κ1) is 107. The first-order valence-electron chi connectivity index (χ1n) is 43.1. The van der Waals surface area contributed by atoms with Gasteiger partial charge in [0.25, 0.3) is 0 Å². The number of carboxylic acid groups (broad SMARTS) is 3. The van der Waals surface area contributed by atoms with Crippen molar-refractivity contribution in [1.29, 1.82) is 0 Å². The molecule has 0 aromatic heterocycles. The lowest BCUT2D eigenvalue weighted by Crippen LogP contribution is -2.62. The van der Waals surface area contributed by atoms with Crippen LogP contribution in [0.2, 0.25) is 0 Å². The third-order valence-corrected chi connectivity index (χ3v) is 20.8. The summed E-state index contributed by atoms with van der Waals surface area (Å²) >= 11 is 0. The number of nitrogens with one attached hydrogen (secondary N) is 14. The number of unbranched alkanes of at least 4 members (excludes halogenated alkanes) is 3. The van der Waals surface area contributed by atoms with Crippen LogP contribution in [0.3, 0.4) is 0 Å². The van der Waals surface area contributed by atoms with E-state index < -0.39 is 229 Å². The van der Waals surface area contributed by atoms with Gasteiger partial charge in [-0.05, 0) is 150 Å². The van der Waals surface area contributed by atoms with Crippen LogP contribution < -0.4 is 97.4 Å². The molecule has 26 N–H and O–H groups in total. The molecule has 0 radical (unpaired) electrons. The summed E-state index contributed by atoms with van der Waals surface area (Å²) in [6, 6.07) is 17.1. The smallest absolute Gasteiger partial charge is 0.305 e. The van der Waals surface area contributed by atoms with Crippen LogP contribution in [0, 0.1) is 5.92 Å². The van der Waals surface area contributed by atoms with Gasteiger partial charge < -0.3 is 118 Å². The standard InChI is InChI=1S/C90H124N18O22/c1-52(2)76(108-84(124)64(34-20-23-45-93)99-89(129)72(51-75(115)116)106-88(128)70(50-60-35-37-61(110)38-36-60)105-87(127)68(47-57-26-12-7-13-27-57)103-78(118)53(3)95-55(5)109)90(130)107-71(49-59-30-16-9-17-31-59)86(126)101-66(40-42-74(113)114)83(123)97-63(33-19-22-44-92)82(122)104-69(48-58-28-14-8-15-29-58)85(125)98-62(32-18-21-43-91)81(121)100-65(39-41-73(111)112)80(120)96-54(4)79(119)102-67(77(94)117)46-56-24-10-6-11-25-56/h6-17,24-31,35-38,52-54,62-72,76,110H,18-23,32-34,39-51,91-93H2,1-5H3,(H2,94,117)(H,95,109)(H,96,120)(H,97,123)(H,98,125)(H,99,129)(H,100,121)(H,101,126)(H,102,119)(H,103,118)(H,104,122)(H,105,127)(H,106,128)(H,107,130)(H,108,124)(H,111,112)(H,113,114)(H,115,116). The molecule has 15 amide bonds. The van der Waals surface area contributed by atoms with Crippen LogP contribution >= 0.6 is 0 Å². The van der Waals surface area contributed by atoms with Gasteiger partial charge in [0.2, 0.25) is 88.6 Å². The van der Waals surface area contributed by atoms with Crippen molar-refractivity contribution in [3.63, 3.8) is 0 Å². The van der Waals surface area contributed by atoms with E-state index in [2.05, 4.69) is 74.4 Å². The Morgan fingerprint density at radius 2 is 0.531 bits per heavy atom. The van der Waals surface area contributed by atoms with Crippen LogP contribution in [0.25, 0.3) is 0 Å². The number of primary amides is 1. The molecule has 40 heteroatoms. The number of aliphatic carboxylic acids is 3. The summed E-state index contributed by atoms with van der Waals surface area (Å²) in [6.45, 7) is 7.24. The maximum atomic E-state index is 15.0. The normalized spacial score (nSPS) is 14.3. The molecule has 14 unspecified atom stereocenters. The summed E-state index contributed by atoms with van der Waals surface area (Å²) in [7, 11) is 0. The van der Waals surface area contributed by atoms with Crippen molar-refractivity contribution in [3.05, 3.63) is 173 Å². The largest absolute Gasteiger partial charge is 0.508 e. The molecule has 0 heterocycles. The lowest BCUT2D eigenvalue weighted by Gasteiger charge is -2.29. The molecule has 0 aliphatic heterocycles. The molecule has 5 aromatic carbocycles. The molecule has 14 atom stereocenters. The molecular weight excluding hydrogens is 1690 g/mol. The van der Waals surface area contributed by atoms with Crippen molar-refractivity contribution < 1.29 is 107 Å². The predicted molar refractivity (Wildman–Crippen MR) is 475 cm³/mol. The Morgan fingerprint density at radius 1 is 0.277 bits per heavy atom. The van der Waals surface area contributed by atoms with Gasteiger partial charge in [0.05, 0.1) is 6.42 Å². The van der Waals surface area contributed by atoms with Crippen LogP contribution in [-0.2, 0) is 118 Å². The molecule has 0 aliphatic rings. The van der Waals surface area contributed by atoms with Crippen LogP contribution in [0.4, 0.5) is 0 Å². The zero-order valence-corrected chi connectivity index (χ0v) is 73.5. The Balaban J connectivity index is 1.42. The Morgan fingerprint density at radius 3 is 0.838 bits per heavy atom. The molecule has 0 aliphatic carbocycles. The van der Waals surface area contributed by atoms with Crippen LogP contribution in [0.1, 0.15) is 152 Å². The van der Waals surface area contributed by atoms with Crippen LogP contribution in [-0.4, -0.2) is 231 Å². The number of amides is 15. The number of hydrogen-bond acceptors (Lipinski definition) is 22. The summed E-state index contributed by atoms with van der Waals surface area (Å²) in [4.78, 5) is 250. The Kier molecular flexibility index (Phi) is 46.4. The fraction of sp³-hybridized carbons (Fsp3) is 0.467. The number of carboxylic acids is 3. The zero-order chi connectivity index (χ0) is 95.9. The number of benzene rings is 5. The molecule has 5 aromatic rings. The van der Waals surface area contributed by atoms with E-state index in [0.717, 1.165) is 0 Å². The van der Waals surface area contributed by atoms with Crippen molar-refractivity contribution in [2.45, 2.75) is 241 Å². The van der Waals surface area contributed by atoms with Crippen molar-refractivity contribution in [3.8, 4) is 5.75 Å². The quantitative estimate of drug-likeness (QED) is 0.0197. The average Bonchev–Trinajstić information content (AvgIpc) is 0.850. The van der Waals surface area contributed by atoms with E-state index in [1.807, 2.05) is 0 Å². The summed E-state index contributed by atoms with van der Waals surface area (Å²) < 4.78 is 0. The van der Waals surface area contributed by atoms with E-state index in [0.29, 0.717) is 34.2 Å². The number of rotatable bonds is 59. The van der Waals surface area contributed by atoms with Gasteiger partial charge in [0, 0.05) is 51.9 Å². The minimum atomic E-state index is -1.99. The van der Waals surface area contributed by atoms with E-state index in [4.69, 9.17) is 22.9 Å². The first-order chi connectivity index (χ1) is 61.9. The van der Waals surface area contributed by atoms with Crippen molar-refractivity contribution in [1.82, 2.24) is 74.4 Å². The van der Waals surface area contributed by atoms with Crippen molar-refractivity contribution >= 4 is 107 Å². The minimum Gasteiger partial charge on any atom is -0.508 e. The van der Waals surface area contributed by atoms with Gasteiger partial charge in [-0.1, -0.05) is 147 Å². The summed E-state index contributed by atoms with van der Waals surface area (Å²) in [5.41, 5.74) is 25.7. The van der Waals surface area contributed by atoms with Gasteiger partial charge in [-0.2, -0.15) is 0 Å². The highest BCUT2D eigenvalue weighted by molar-refractivity contribution is 6.01. The third kappa shape index (κ3) is 39.2. The molecule has 0 spiro atoms. The fourth-order valence-electron chi connectivity index (χ4n) is 13.6.